The van der Waals surface area contributed by atoms with E-state index in [4.69, 9.17) is 4.98 Å². The first-order valence-electron chi connectivity index (χ1n) is 6.71. The molecule has 2 nitrogen and oxygen atoms in total. The molecule has 1 aromatic heterocycles. The predicted molar refractivity (Wildman–Crippen MR) is 82.7 cm³/mol. The standard InChI is InChI=1S/C14H24N2S2/c1-14(2,3)12-9-18-13(16-12)11(7-8-17-4)15-10-5-6-10/h9-11,15H,5-8H2,1-4H3. The van der Waals surface area contributed by atoms with E-state index in [0.29, 0.717) is 6.04 Å². The number of nitrogens with one attached hydrogen (secondary N) is 1. The Labute approximate surface area is 119 Å². The molecule has 1 aromatic rings. The molecule has 18 heavy (non-hydrogen) atoms. The molecule has 1 heterocycles. The van der Waals surface area contributed by atoms with Crippen LogP contribution in [0.4, 0.5) is 0 Å². The monoisotopic (exact) mass is 284 g/mol. The van der Waals surface area contributed by atoms with Crippen LogP contribution in [0.25, 0.3) is 0 Å². The van der Waals surface area contributed by atoms with Crippen LogP contribution < -0.4 is 5.32 Å². The van der Waals surface area contributed by atoms with Gasteiger partial charge in [0.05, 0.1) is 11.7 Å². The minimum Gasteiger partial charge on any atom is -0.305 e. The highest BCUT2D eigenvalue weighted by Gasteiger charge is 2.27. The average Bonchev–Trinajstić information content (AvgIpc) is 2.95. The Morgan fingerprint density at radius 1 is 1.50 bits per heavy atom. The lowest BCUT2D eigenvalue weighted by Gasteiger charge is -2.17. The number of thiazole rings is 1. The molecule has 1 aliphatic carbocycles. The topological polar surface area (TPSA) is 24.9 Å². The van der Waals surface area contributed by atoms with Crippen LogP contribution in [0.2, 0.25) is 0 Å². The Bertz CT molecular complexity index is 377. The third kappa shape index (κ3) is 3.97. The molecule has 4 heteroatoms. The molecule has 102 valence electrons. The van der Waals surface area contributed by atoms with Crippen LogP contribution in [0.3, 0.4) is 0 Å². The van der Waals surface area contributed by atoms with Crippen molar-refractivity contribution < 1.29 is 0 Å². The zero-order valence-electron chi connectivity index (χ0n) is 11.8. The zero-order chi connectivity index (χ0) is 13.2. The summed E-state index contributed by atoms with van der Waals surface area (Å²) < 4.78 is 0. The van der Waals surface area contributed by atoms with E-state index in [9.17, 15) is 0 Å². The molecule has 0 amide bonds. The van der Waals surface area contributed by atoms with Gasteiger partial charge in [-0.15, -0.1) is 11.3 Å². The fourth-order valence-corrected chi connectivity index (χ4v) is 3.45. The van der Waals surface area contributed by atoms with Crippen molar-refractivity contribution in [3.05, 3.63) is 16.1 Å². The molecule has 0 aliphatic heterocycles. The molecule has 1 saturated carbocycles. The number of aromatic nitrogens is 1. The molecule has 0 aromatic carbocycles. The number of hydrogen-bond donors (Lipinski definition) is 1. The van der Waals surface area contributed by atoms with Crippen molar-refractivity contribution in [2.75, 3.05) is 12.0 Å². The summed E-state index contributed by atoms with van der Waals surface area (Å²) in [5.74, 6) is 1.20. The minimum atomic E-state index is 0.165. The molecular weight excluding hydrogens is 260 g/mol. The van der Waals surface area contributed by atoms with Crippen LogP contribution in [0.5, 0.6) is 0 Å². The summed E-state index contributed by atoms with van der Waals surface area (Å²) in [4.78, 5) is 4.86. The lowest BCUT2D eigenvalue weighted by molar-refractivity contribution is 0.508. The van der Waals surface area contributed by atoms with Gasteiger partial charge in [0.1, 0.15) is 5.01 Å². The van der Waals surface area contributed by atoms with Crippen molar-refractivity contribution in [3.8, 4) is 0 Å². The van der Waals surface area contributed by atoms with Crippen molar-refractivity contribution in [3.63, 3.8) is 0 Å². The third-order valence-electron chi connectivity index (χ3n) is 3.21. The van der Waals surface area contributed by atoms with Gasteiger partial charge in [0.25, 0.3) is 0 Å². The molecule has 0 spiro atoms. The SMILES string of the molecule is CSCCC(NC1CC1)c1nc(C(C)(C)C)cs1. The van der Waals surface area contributed by atoms with E-state index in [1.54, 1.807) is 0 Å². The number of hydrogen-bond acceptors (Lipinski definition) is 4. The third-order valence-corrected chi connectivity index (χ3v) is 4.82. The van der Waals surface area contributed by atoms with Gasteiger partial charge in [-0.1, -0.05) is 20.8 Å². The van der Waals surface area contributed by atoms with Crippen LogP contribution in [0.1, 0.15) is 56.8 Å². The van der Waals surface area contributed by atoms with Crippen LogP contribution >= 0.6 is 23.1 Å². The summed E-state index contributed by atoms with van der Waals surface area (Å²) in [7, 11) is 0. The quantitative estimate of drug-likeness (QED) is 0.855. The molecule has 1 unspecified atom stereocenters. The van der Waals surface area contributed by atoms with E-state index >= 15 is 0 Å². The summed E-state index contributed by atoms with van der Waals surface area (Å²) in [6.45, 7) is 6.70. The molecule has 0 saturated heterocycles. The van der Waals surface area contributed by atoms with Gasteiger partial charge in [0.15, 0.2) is 0 Å². The summed E-state index contributed by atoms with van der Waals surface area (Å²) in [6, 6.07) is 1.21. The normalized spacial score (nSPS) is 18.0. The lowest BCUT2D eigenvalue weighted by Crippen LogP contribution is -2.24. The first-order valence-corrected chi connectivity index (χ1v) is 8.99. The average molecular weight is 284 g/mol. The minimum absolute atomic E-state index is 0.165. The fraction of sp³-hybridized carbons (Fsp3) is 0.786. The van der Waals surface area contributed by atoms with Crippen molar-refractivity contribution in [1.29, 1.82) is 0 Å². The van der Waals surface area contributed by atoms with Crippen LogP contribution in [-0.4, -0.2) is 23.0 Å². The van der Waals surface area contributed by atoms with E-state index in [1.807, 2.05) is 23.1 Å². The summed E-state index contributed by atoms with van der Waals surface area (Å²) in [6.07, 6.45) is 6.05. The van der Waals surface area contributed by atoms with Crippen molar-refractivity contribution >= 4 is 23.1 Å². The van der Waals surface area contributed by atoms with E-state index in [0.717, 1.165) is 6.04 Å². The Kier molecular flexibility index (Phi) is 4.73. The summed E-state index contributed by atoms with van der Waals surface area (Å²) in [5.41, 5.74) is 1.40. The second-order valence-corrected chi connectivity index (χ2v) is 7.97. The largest absolute Gasteiger partial charge is 0.305 e. The van der Waals surface area contributed by atoms with E-state index in [2.05, 4.69) is 37.7 Å². The molecule has 0 radical (unpaired) electrons. The summed E-state index contributed by atoms with van der Waals surface area (Å²) in [5, 5.41) is 7.25. The smallest absolute Gasteiger partial charge is 0.110 e. The highest BCUT2D eigenvalue weighted by atomic mass is 32.2. The highest BCUT2D eigenvalue weighted by Crippen LogP contribution is 2.31. The lowest BCUT2D eigenvalue weighted by atomic mass is 9.93. The maximum atomic E-state index is 4.86. The molecule has 1 atom stereocenters. The van der Waals surface area contributed by atoms with Crippen molar-refractivity contribution in [1.82, 2.24) is 10.3 Å². The van der Waals surface area contributed by atoms with Crippen molar-refractivity contribution in [2.45, 2.75) is 57.5 Å². The van der Waals surface area contributed by atoms with Gasteiger partial charge in [0.2, 0.25) is 0 Å². The highest BCUT2D eigenvalue weighted by molar-refractivity contribution is 7.98. The van der Waals surface area contributed by atoms with Gasteiger partial charge in [-0.2, -0.15) is 11.8 Å². The second-order valence-electron chi connectivity index (χ2n) is 6.10. The van der Waals surface area contributed by atoms with Gasteiger partial charge >= 0.3 is 0 Å². The number of nitrogens with zero attached hydrogens (tertiary/aromatic N) is 1. The molecule has 0 bridgehead atoms. The zero-order valence-corrected chi connectivity index (χ0v) is 13.5. The maximum absolute atomic E-state index is 4.86. The first kappa shape index (κ1) is 14.4. The van der Waals surface area contributed by atoms with E-state index in [-0.39, 0.29) is 5.41 Å². The predicted octanol–water partition coefficient (Wildman–Crippen LogP) is 3.99. The van der Waals surface area contributed by atoms with Gasteiger partial charge in [0, 0.05) is 16.8 Å². The Morgan fingerprint density at radius 2 is 2.22 bits per heavy atom. The second kappa shape index (κ2) is 5.93. The van der Waals surface area contributed by atoms with Crippen LogP contribution in [-0.2, 0) is 5.41 Å². The van der Waals surface area contributed by atoms with Gasteiger partial charge in [-0.25, -0.2) is 4.98 Å². The Balaban J connectivity index is 2.05. The molecule has 1 aliphatic rings. The van der Waals surface area contributed by atoms with Crippen LogP contribution in [0, 0.1) is 0 Å². The number of thioether (sulfide) groups is 1. The van der Waals surface area contributed by atoms with Gasteiger partial charge in [-0.05, 0) is 31.3 Å². The fourth-order valence-electron chi connectivity index (χ4n) is 1.84. The molecule has 1 fully saturated rings. The maximum Gasteiger partial charge on any atom is 0.110 e. The first-order chi connectivity index (χ1) is 8.50. The van der Waals surface area contributed by atoms with E-state index < -0.39 is 0 Å². The summed E-state index contributed by atoms with van der Waals surface area (Å²) >= 11 is 3.74. The number of rotatable bonds is 6. The van der Waals surface area contributed by atoms with Crippen LogP contribution in [0.15, 0.2) is 5.38 Å². The van der Waals surface area contributed by atoms with E-state index in [1.165, 1.54) is 35.7 Å². The van der Waals surface area contributed by atoms with Gasteiger partial charge < -0.3 is 5.32 Å². The van der Waals surface area contributed by atoms with Crippen molar-refractivity contribution in [2.24, 2.45) is 0 Å². The molecular formula is C14H24N2S2. The molecule has 1 N–H and O–H groups in total. The van der Waals surface area contributed by atoms with Gasteiger partial charge in [-0.3, -0.25) is 0 Å². The Hall–Kier alpha value is -0.0600. The molecule has 2 rings (SSSR count). The Morgan fingerprint density at radius 3 is 2.72 bits per heavy atom.